The number of carboxylic acids is 1. The van der Waals surface area contributed by atoms with Crippen molar-refractivity contribution >= 4 is 11.9 Å². The number of hydrogen-bond acceptors (Lipinski definition) is 2. The van der Waals surface area contributed by atoms with E-state index in [9.17, 15) is 9.59 Å². The molecule has 1 saturated carbocycles. The molecule has 3 unspecified atom stereocenters. The Bertz CT molecular complexity index is 557. The van der Waals surface area contributed by atoms with Gasteiger partial charge in [0.25, 0.3) is 0 Å². The van der Waals surface area contributed by atoms with Crippen molar-refractivity contribution in [3.05, 3.63) is 35.9 Å². The summed E-state index contributed by atoms with van der Waals surface area (Å²) in [4.78, 5) is 25.8. The number of hydrogen-bond donors (Lipinski definition) is 1. The SMILES string of the molecule is O=C(O)C1CCC1C(=O)N1CCCC1CCCc1ccccc1. The molecule has 1 N–H and O–H groups in total. The van der Waals surface area contributed by atoms with Crippen LogP contribution in [0.5, 0.6) is 0 Å². The van der Waals surface area contributed by atoms with E-state index in [1.54, 1.807) is 0 Å². The van der Waals surface area contributed by atoms with Crippen LogP contribution < -0.4 is 0 Å². The van der Waals surface area contributed by atoms with Gasteiger partial charge in [0.05, 0.1) is 11.8 Å². The third-order valence-electron chi connectivity index (χ3n) is 5.41. The summed E-state index contributed by atoms with van der Waals surface area (Å²) in [6.45, 7) is 0.803. The smallest absolute Gasteiger partial charge is 0.307 e. The van der Waals surface area contributed by atoms with Gasteiger partial charge in [-0.05, 0) is 50.5 Å². The molecular formula is C19H25NO3. The van der Waals surface area contributed by atoms with Gasteiger partial charge in [0.15, 0.2) is 0 Å². The van der Waals surface area contributed by atoms with Crippen molar-refractivity contribution < 1.29 is 14.7 Å². The second-order valence-corrected chi connectivity index (χ2v) is 6.83. The molecule has 0 radical (unpaired) electrons. The summed E-state index contributed by atoms with van der Waals surface area (Å²) in [5.74, 6) is -1.45. The van der Waals surface area contributed by atoms with Crippen molar-refractivity contribution in [1.29, 1.82) is 0 Å². The molecule has 0 aromatic heterocycles. The number of carbonyl (C=O) groups excluding carboxylic acids is 1. The fraction of sp³-hybridized carbons (Fsp3) is 0.579. The molecule has 3 atom stereocenters. The van der Waals surface area contributed by atoms with E-state index in [4.69, 9.17) is 5.11 Å². The zero-order chi connectivity index (χ0) is 16.2. The van der Waals surface area contributed by atoms with Crippen LogP contribution in [0.2, 0.25) is 0 Å². The molecule has 3 rings (SSSR count). The zero-order valence-corrected chi connectivity index (χ0v) is 13.5. The van der Waals surface area contributed by atoms with Crippen LogP contribution >= 0.6 is 0 Å². The minimum Gasteiger partial charge on any atom is -0.481 e. The first-order chi connectivity index (χ1) is 11.2. The lowest BCUT2D eigenvalue weighted by molar-refractivity contribution is -0.157. The monoisotopic (exact) mass is 315 g/mol. The molecule has 1 amide bonds. The number of likely N-dealkylation sites (tertiary alicyclic amines) is 1. The fourth-order valence-corrected chi connectivity index (χ4v) is 3.92. The average Bonchev–Trinajstić information content (AvgIpc) is 2.95. The third-order valence-corrected chi connectivity index (χ3v) is 5.41. The molecule has 2 fully saturated rings. The van der Waals surface area contributed by atoms with Crippen LogP contribution in [-0.2, 0) is 16.0 Å². The van der Waals surface area contributed by atoms with E-state index in [1.807, 2.05) is 11.0 Å². The van der Waals surface area contributed by atoms with E-state index in [-0.39, 0.29) is 11.8 Å². The number of rotatable bonds is 6. The van der Waals surface area contributed by atoms with Crippen molar-refractivity contribution in [2.24, 2.45) is 11.8 Å². The second kappa shape index (κ2) is 7.16. The predicted molar refractivity (Wildman–Crippen MR) is 88.0 cm³/mol. The van der Waals surface area contributed by atoms with Gasteiger partial charge >= 0.3 is 5.97 Å². The van der Waals surface area contributed by atoms with Crippen LogP contribution in [-0.4, -0.2) is 34.5 Å². The lowest BCUT2D eigenvalue weighted by Gasteiger charge is -2.37. The lowest BCUT2D eigenvalue weighted by atomic mass is 9.73. The summed E-state index contributed by atoms with van der Waals surface area (Å²) in [6, 6.07) is 10.7. The Kier molecular flexibility index (Phi) is 4.99. The number of aryl methyl sites for hydroxylation is 1. The normalized spacial score (nSPS) is 26.8. The third kappa shape index (κ3) is 3.57. The number of amides is 1. The molecule has 1 aromatic rings. The van der Waals surface area contributed by atoms with E-state index in [0.29, 0.717) is 12.5 Å². The van der Waals surface area contributed by atoms with Crippen LogP contribution in [0.15, 0.2) is 30.3 Å². The highest BCUT2D eigenvalue weighted by Gasteiger charge is 2.44. The minimum atomic E-state index is -0.811. The molecular weight excluding hydrogens is 290 g/mol. The van der Waals surface area contributed by atoms with Gasteiger partial charge in [-0.1, -0.05) is 30.3 Å². The van der Waals surface area contributed by atoms with E-state index >= 15 is 0 Å². The maximum atomic E-state index is 12.6. The standard InChI is InChI=1S/C19H25NO3/c21-18(16-11-12-17(16)19(22)23)20-13-5-10-15(20)9-4-8-14-6-2-1-3-7-14/h1-3,6-7,15-17H,4-5,8-13H2,(H,22,23). The number of carboxylic acid groups (broad SMARTS) is 1. The summed E-state index contributed by atoms with van der Waals surface area (Å²) >= 11 is 0. The van der Waals surface area contributed by atoms with Gasteiger partial charge in [-0.15, -0.1) is 0 Å². The Morgan fingerprint density at radius 1 is 1.09 bits per heavy atom. The predicted octanol–water partition coefficient (Wildman–Crippen LogP) is 3.11. The van der Waals surface area contributed by atoms with Crippen LogP contribution in [0.4, 0.5) is 0 Å². The maximum absolute atomic E-state index is 12.6. The summed E-state index contributed by atoms with van der Waals surface area (Å²) in [6.07, 6.45) is 6.63. The van der Waals surface area contributed by atoms with E-state index < -0.39 is 11.9 Å². The Labute approximate surface area is 137 Å². The Balaban J connectivity index is 1.51. The zero-order valence-electron chi connectivity index (χ0n) is 13.5. The number of benzene rings is 1. The highest BCUT2D eigenvalue weighted by Crippen LogP contribution is 2.37. The second-order valence-electron chi connectivity index (χ2n) is 6.83. The fourth-order valence-electron chi connectivity index (χ4n) is 3.92. The highest BCUT2D eigenvalue weighted by molar-refractivity contribution is 5.86. The summed E-state index contributed by atoms with van der Waals surface area (Å²) in [5, 5.41) is 9.16. The number of nitrogens with zero attached hydrogens (tertiary/aromatic N) is 1. The number of carbonyl (C=O) groups is 2. The Hall–Kier alpha value is -1.84. The molecule has 2 aliphatic rings. The van der Waals surface area contributed by atoms with Crippen molar-refractivity contribution in [3.8, 4) is 0 Å². The van der Waals surface area contributed by atoms with Crippen molar-refractivity contribution in [2.75, 3.05) is 6.54 Å². The first-order valence-electron chi connectivity index (χ1n) is 8.74. The van der Waals surface area contributed by atoms with Gasteiger partial charge < -0.3 is 10.0 Å². The maximum Gasteiger partial charge on any atom is 0.307 e. The molecule has 1 saturated heterocycles. The average molecular weight is 315 g/mol. The minimum absolute atomic E-state index is 0.0888. The van der Waals surface area contributed by atoms with Crippen LogP contribution in [0.25, 0.3) is 0 Å². The molecule has 4 heteroatoms. The summed E-state index contributed by atoms with van der Waals surface area (Å²) < 4.78 is 0. The van der Waals surface area contributed by atoms with E-state index in [2.05, 4.69) is 24.3 Å². The molecule has 1 aliphatic heterocycles. The summed E-state index contributed by atoms with van der Waals surface area (Å²) in [5.41, 5.74) is 1.34. The molecule has 23 heavy (non-hydrogen) atoms. The van der Waals surface area contributed by atoms with Crippen molar-refractivity contribution in [1.82, 2.24) is 4.90 Å². The Morgan fingerprint density at radius 2 is 1.83 bits per heavy atom. The van der Waals surface area contributed by atoms with Crippen LogP contribution in [0, 0.1) is 11.8 Å². The molecule has 0 bridgehead atoms. The Morgan fingerprint density at radius 3 is 2.48 bits per heavy atom. The van der Waals surface area contributed by atoms with Crippen LogP contribution in [0.1, 0.15) is 44.1 Å². The molecule has 4 nitrogen and oxygen atoms in total. The molecule has 1 aromatic carbocycles. The molecule has 0 spiro atoms. The van der Waals surface area contributed by atoms with Crippen molar-refractivity contribution in [3.63, 3.8) is 0 Å². The van der Waals surface area contributed by atoms with Gasteiger partial charge in [0.2, 0.25) is 5.91 Å². The van der Waals surface area contributed by atoms with Gasteiger partial charge in [-0.2, -0.15) is 0 Å². The molecule has 1 heterocycles. The van der Waals surface area contributed by atoms with Gasteiger partial charge in [0, 0.05) is 12.6 Å². The van der Waals surface area contributed by atoms with Gasteiger partial charge in [-0.3, -0.25) is 9.59 Å². The van der Waals surface area contributed by atoms with Crippen LogP contribution in [0.3, 0.4) is 0 Å². The molecule has 1 aliphatic carbocycles. The highest BCUT2D eigenvalue weighted by atomic mass is 16.4. The largest absolute Gasteiger partial charge is 0.481 e. The lowest BCUT2D eigenvalue weighted by Crippen LogP contribution is -2.47. The van der Waals surface area contributed by atoms with Crippen molar-refractivity contribution in [2.45, 2.75) is 51.0 Å². The van der Waals surface area contributed by atoms with E-state index in [1.165, 1.54) is 5.56 Å². The molecule has 124 valence electrons. The first kappa shape index (κ1) is 16.0. The number of aliphatic carboxylic acids is 1. The summed E-state index contributed by atoms with van der Waals surface area (Å²) in [7, 11) is 0. The topological polar surface area (TPSA) is 57.6 Å². The van der Waals surface area contributed by atoms with Gasteiger partial charge in [-0.25, -0.2) is 0 Å². The van der Waals surface area contributed by atoms with Gasteiger partial charge in [0.1, 0.15) is 0 Å². The van der Waals surface area contributed by atoms with E-state index in [0.717, 1.165) is 45.1 Å². The first-order valence-corrected chi connectivity index (χ1v) is 8.74. The quantitative estimate of drug-likeness (QED) is 0.877.